The first-order chi connectivity index (χ1) is 28.9. The molecule has 1 heterocycles. The van der Waals surface area contributed by atoms with Crippen molar-refractivity contribution in [2.75, 3.05) is 23.4 Å². The lowest BCUT2D eigenvalue weighted by molar-refractivity contribution is -0.123. The van der Waals surface area contributed by atoms with E-state index < -0.39 is 38.8 Å². The summed E-state index contributed by atoms with van der Waals surface area (Å²) in [6, 6.07) is 44.7. The number of phenolic OH excluding ortho intramolecular Hbond substituents is 1. The van der Waals surface area contributed by atoms with Crippen LogP contribution >= 0.6 is 0 Å². The molecule has 1 saturated heterocycles. The number of nitrogens with one attached hydrogen (secondary N) is 1. The fourth-order valence-electron chi connectivity index (χ4n) is 9.36. The third kappa shape index (κ3) is 8.67. The van der Waals surface area contributed by atoms with Gasteiger partial charge >= 0.3 is 0 Å². The summed E-state index contributed by atoms with van der Waals surface area (Å²) in [7, 11) is -3.06. The van der Waals surface area contributed by atoms with Crippen molar-refractivity contribution < 1.29 is 29.3 Å². The van der Waals surface area contributed by atoms with Crippen LogP contribution in [0.3, 0.4) is 0 Å². The molecule has 1 aliphatic carbocycles. The lowest BCUT2D eigenvalue weighted by Crippen LogP contribution is -2.66. The summed E-state index contributed by atoms with van der Waals surface area (Å²) in [6.45, 7) is 8.40. The Balaban J connectivity index is 1.26. The van der Waals surface area contributed by atoms with Crippen LogP contribution in [-0.4, -0.2) is 54.8 Å². The van der Waals surface area contributed by atoms with Gasteiger partial charge in [0.2, 0.25) is 11.8 Å². The van der Waals surface area contributed by atoms with Gasteiger partial charge < -0.3 is 25.1 Å². The number of rotatable bonds is 15. The first kappa shape index (κ1) is 42.5. The summed E-state index contributed by atoms with van der Waals surface area (Å²) in [5.41, 5.74) is 5.50. The minimum Gasteiger partial charge on any atom is -0.508 e. The van der Waals surface area contributed by atoms with Crippen molar-refractivity contribution in [2.24, 2.45) is 17.8 Å². The van der Waals surface area contributed by atoms with E-state index in [-0.39, 0.29) is 35.6 Å². The van der Waals surface area contributed by atoms with Gasteiger partial charge in [0.05, 0.1) is 36.8 Å². The SMILES string of the molecule is CC/C(=C\c1cccc(O)c1)CC[C@@H](O)C1=C(CO[Si](c2ccccc2)(c2ccccc2)C(C)(C)C)C[C@H]2C(=O)N(c3ccc(Nc4ccccc4)cc3)C(=O)[C@H]2[C@H]1CO. The molecule has 5 aromatic rings. The summed E-state index contributed by atoms with van der Waals surface area (Å²) < 4.78 is 7.44. The van der Waals surface area contributed by atoms with Crippen molar-refractivity contribution in [3.63, 3.8) is 0 Å². The van der Waals surface area contributed by atoms with Crippen molar-refractivity contribution >= 4 is 53.6 Å². The largest absolute Gasteiger partial charge is 0.508 e. The first-order valence-corrected chi connectivity index (χ1v) is 22.9. The van der Waals surface area contributed by atoms with E-state index in [1.165, 1.54) is 4.90 Å². The van der Waals surface area contributed by atoms with Gasteiger partial charge in [-0.2, -0.15) is 0 Å². The maximum absolute atomic E-state index is 14.6. The van der Waals surface area contributed by atoms with Gasteiger partial charge in [-0.3, -0.25) is 14.5 Å². The van der Waals surface area contributed by atoms with E-state index in [4.69, 9.17) is 4.43 Å². The molecule has 4 atom stereocenters. The second-order valence-electron chi connectivity index (χ2n) is 17.0. The van der Waals surface area contributed by atoms with E-state index >= 15 is 0 Å². The number of aliphatic hydroxyl groups excluding tert-OH is 2. The number of phenols is 1. The predicted octanol–water partition coefficient (Wildman–Crippen LogP) is 8.76. The normalized spacial score (nSPS) is 19.1. The van der Waals surface area contributed by atoms with Crippen LogP contribution in [0.4, 0.5) is 17.1 Å². The number of anilines is 3. The molecule has 5 aromatic carbocycles. The van der Waals surface area contributed by atoms with Gasteiger partial charge in [-0.25, -0.2) is 0 Å². The van der Waals surface area contributed by atoms with Gasteiger partial charge in [0.15, 0.2) is 0 Å². The van der Waals surface area contributed by atoms with Gasteiger partial charge in [-0.15, -0.1) is 0 Å². The van der Waals surface area contributed by atoms with Crippen molar-refractivity contribution in [2.45, 2.75) is 64.5 Å². The highest BCUT2D eigenvalue weighted by atomic mass is 28.4. The van der Waals surface area contributed by atoms with Gasteiger partial charge in [0.1, 0.15) is 5.75 Å². The molecular formula is C51H56N2O6Si. The Morgan fingerprint density at radius 2 is 1.43 bits per heavy atom. The topological polar surface area (TPSA) is 119 Å². The Labute approximate surface area is 355 Å². The molecule has 4 N–H and O–H groups in total. The number of carbonyl (C=O) groups excluding carboxylic acids is 2. The molecule has 60 heavy (non-hydrogen) atoms. The van der Waals surface area contributed by atoms with Crippen molar-refractivity contribution in [1.29, 1.82) is 0 Å². The third-order valence-electron chi connectivity index (χ3n) is 12.2. The van der Waals surface area contributed by atoms with Crippen LogP contribution < -0.4 is 20.6 Å². The molecule has 0 saturated carbocycles. The molecule has 0 aromatic heterocycles. The van der Waals surface area contributed by atoms with E-state index in [0.717, 1.165) is 44.9 Å². The second kappa shape index (κ2) is 18.4. The molecule has 310 valence electrons. The molecule has 1 aliphatic heterocycles. The summed E-state index contributed by atoms with van der Waals surface area (Å²) in [5, 5.41) is 38.9. The lowest BCUT2D eigenvalue weighted by Gasteiger charge is -2.44. The van der Waals surface area contributed by atoms with E-state index in [9.17, 15) is 24.9 Å². The fraction of sp³-hybridized carbons (Fsp3) is 0.294. The number of amides is 2. The average Bonchev–Trinajstić information content (AvgIpc) is 3.50. The van der Waals surface area contributed by atoms with E-state index in [0.29, 0.717) is 24.1 Å². The maximum Gasteiger partial charge on any atom is 0.261 e. The summed E-state index contributed by atoms with van der Waals surface area (Å²) >= 11 is 0. The number of fused-ring (bicyclic) bond motifs is 1. The maximum atomic E-state index is 14.6. The Morgan fingerprint density at radius 3 is 2.00 bits per heavy atom. The van der Waals surface area contributed by atoms with Crippen LogP contribution in [0.2, 0.25) is 5.04 Å². The molecule has 8 nitrogen and oxygen atoms in total. The molecular weight excluding hydrogens is 765 g/mol. The zero-order valence-corrected chi connectivity index (χ0v) is 35.9. The standard InChI is InChI=1S/C51H56N2O6Si/c1-5-35(30-36-16-15-19-41(55)31-36)24-29-46(56)47-37(34-59-60(51(2,3)4,42-20-11-7-12-21-42)43-22-13-8-14-23-43)32-44-48(45(47)33-54)50(58)53(49(44)57)40-27-25-39(26-28-40)52-38-17-9-6-10-18-38/h6-23,25-28,30-31,44-46,48,52,54-56H,5,24,29,32-34H2,1-4H3/b35-30+/t44-,45+,46-,48-/m1/s1. The number of carbonyl (C=O) groups is 2. The van der Waals surface area contributed by atoms with Crippen LogP contribution in [0.25, 0.3) is 6.08 Å². The highest BCUT2D eigenvalue weighted by Gasteiger charge is 2.56. The smallest absolute Gasteiger partial charge is 0.261 e. The zero-order valence-electron chi connectivity index (χ0n) is 34.9. The highest BCUT2D eigenvalue weighted by molar-refractivity contribution is 6.99. The Bertz CT molecular complexity index is 2280. The van der Waals surface area contributed by atoms with Crippen molar-refractivity contribution in [3.8, 4) is 5.75 Å². The number of nitrogens with zero attached hydrogens (tertiary/aromatic N) is 1. The highest BCUT2D eigenvalue weighted by Crippen LogP contribution is 2.48. The molecule has 2 amide bonds. The molecule has 0 radical (unpaired) electrons. The Hall–Kier alpha value is -5.58. The molecule has 1 fully saturated rings. The molecule has 9 heteroatoms. The van der Waals surface area contributed by atoms with Crippen molar-refractivity contribution in [1.82, 2.24) is 0 Å². The van der Waals surface area contributed by atoms with Crippen LogP contribution in [0.5, 0.6) is 5.75 Å². The lowest BCUT2D eigenvalue weighted by atomic mass is 9.68. The molecule has 7 rings (SSSR count). The minimum absolute atomic E-state index is 0.125. The number of hydrogen-bond donors (Lipinski definition) is 4. The summed E-state index contributed by atoms with van der Waals surface area (Å²) in [5.74, 6) is -2.88. The van der Waals surface area contributed by atoms with Gasteiger partial charge in [-0.1, -0.05) is 130 Å². The van der Waals surface area contributed by atoms with Crippen LogP contribution in [-0.2, 0) is 14.0 Å². The fourth-order valence-corrected chi connectivity index (χ4v) is 13.9. The van der Waals surface area contributed by atoms with E-state index in [1.807, 2.05) is 91.0 Å². The number of para-hydroxylation sites is 1. The van der Waals surface area contributed by atoms with Crippen molar-refractivity contribution in [3.05, 3.63) is 162 Å². The minimum atomic E-state index is -3.06. The second-order valence-corrected chi connectivity index (χ2v) is 21.3. The summed E-state index contributed by atoms with van der Waals surface area (Å²) in [4.78, 5) is 30.4. The first-order valence-electron chi connectivity index (χ1n) is 21.0. The number of aromatic hydroxyl groups is 1. The van der Waals surface area contributed by atoms with Crippen LogP contribution in [0.1, 0.15) is 58.9 Å². The number of benzene rings is 5. The summed E-state index contributed by atoms with van der Waals surface area (Å²) in [6.07, 6.45) is 2.87. The average molecular weight is 821 g/mol. The quantitative estimate of drug-likeness (QED) is 0.0474. The number of allylic oxidation sites excluding steroid dienone is 1. The van der Waals surface area contributed by atoms with Gasteiger partial charge in [0, 0.05) is 17.3 Å². The Kier molecular flexibility index (Phi) is 13.0. The number of aliphatic hydroxyl groups is 2. The van der Waals surface area contributed by atoms with E-state index in [1.54, 1.807) is 30.3 Å². The zero-order chi connectivity index (χ0) is 42.4. The van der Waals surface area contributed by atoms with Crippen LogP contribution in [0.15, 0.2) is 156 Å². The molecule has 2 aliphatic rings. The third-order valence-corrected chi connectivity index (χ3v) is 17.2. The van der Waals surface area contributed by atoms with Gasteiger partial charge in [-0.05, 0) is 106 Å². The van der Waals surface area contributed by atoms with Crippen LogP contribution in [0, 0.1) is 17.8 Å². The Morgan fingerprint density at radius 1 is 0.833 bits per heavy atom. The monoisotopic (exact) mass is 820 g/mol. The number of hydrogen-bond acceptors (Lipinski definition) is 7. The molecule has 0 spiro atoms. The molecule has 0 unspecified atom stereocenters. The number of imide groups is 1. The molecule has 0 bridgehead atoms. The predicted molar refractivity (Wildman–Crippen MR) is 243 cm³/mol. The van der Waals surface area contributed by atoms with Gasteiger partial charge in [0.25, 0.3) is 8.32 Å². The van der Waals surface area contributed by atoms with E-state index in [2.05, 4.69) is 57.3 Å².